The smallest absolute Gasteiger partial charge is 0.0281 e. The summed E-state index contributed by atoms with van der Waals surface area (Å²) >= 11 is 13.0. The Labute approximate surface area is 140 Å². The fourth-order valence-electron chi connectivity index (χ4n) is 1.52. The Balaban J connectivity index is 0. The summed E-state index contributed by atoms with van der Waals surface area (Å²) in [5, 5.41) is 13.4. The van der Waals surface area contributed by atoms with Crippen LogP contribution in [0, 0.1) is 0 Å². The summed E-state index contributed by atoms with van der Waals surface area (Å²) in [4.78, 5) is 0. The maximum Gasteiger partial charge on any atom is 0.0281 e. The highest BCUT2D eigenvalue weighted by molar-refractivity contribution is 7.80. The molecular formula is C11H29ClN4S3. The summed E-state index contributed by atoms with van der Waals surface area (Å²) in [5.74, 6) is 2.47. The van der Waals surface area contributed by atoms with E-state index < -0.39 is 0 Å². The van der Waals surface area contributed by atoms with Gasteiger partial charge in [-0.3, -0.25) is 0 Å². The number of likely N-dealkylation sites (N-methyl/N-ethyl adjacent to an activating group) is 2. The van der Waals surface area contributed by atoms with Crippen molar-refractivity contribution in [3.8, 4) is 0 Å². The molecule has 0 unspecified atom stereocenters. The minimum atomic E-state index is 0. The SMILES string of the molecule is CNC[C@H](CS)NC[C@H](CS)NC[C@H](CS)NC.Cl. The maximum atomic E-state index is 4.38. The van der Waals surface area contributed by atoms with Crippen molar-refractivity contribution in [1.29, 1.82) is 0 Å². The Hall–Kier alpha value is 1.18. The van der Waals surface area contributed by atoms with E-state index in [0.29, 0.717) is 18.1 Å². The third kappa shape index (κ3) is 11.5. The zero-order valence-electron chi connectivity index (χ0n) is 11.7. The van der Waals surface area contributed by atoms with Crippen molar-refractivity contribution in [3.63, 3.8) is 0 Å². The highest BCUT2D eigenvalue weighted by atomic mass is 35.5. The van der Waals surface area contributed by atoms with Gasteiger partial charge >= 0.3 is 0 Å². The highest BCUT2D eigenvalue weighted by Crippen LogP contribution is 1.92. The quantitative estimate of drug-likeness (QED) is 0.252. The Morgan fingerprint density at radius 1 is 0.737 bits per heavy atom. The van der Waals surface area contributed by atoms with Gasteiger partial charge in [0.15, 0.2) is 0 Å². The summed E-state index contributed by atoms with van der Waals surface area (Å²) in [6.45, 7) is 2.74. The molecule has 0 aliphatic rings. The fraction of sp³-hybridized carbons (Fsp3) is 1.00. The van der Waals surface area contributed by atoms with Crippen LogP contribution in [0.1, 0.15) is 0 Å². The summed E-state index contributed by atoms with van der Waals surface area (Å²) in [6, 6.07) is 1.16. The van der Waals surface area contributed by atoms with Gasteiger partial charge in [0.2, 0.25) is 0 Å². The fourth-order valence-corrected chi connectivity index (χ4v) is 2.35. The molecule has 0 spiro atoms. The minimum absolute atomic E-state index is 0. The number of halogens is 1. The zero-order chi connectivity index (χ0) is 13.8. The first-order valence-corrected chi connectivity index (χ1v) is 8.22. The largest absolute Gasteiger partial charge is 0.318 e. The molecule has 0 aliphatic carbocycles. The van der Waals surface area contributed by atoms with Gasteiger partial charge in [-0.15, -0.1) is 12.4 Å². The molecule has 3 atom stereocenters. The van der Waals surface area contributed by atoms with E-state index in [2.05, 4.69) is 59.2 Å². The lowest BCUT2D eigenvalue weighted by molar-refractivity contribution is 0.440. The second kappa shape index (κ2) is 15.6. The van der Waals surface area contributed by atoms with Crippen LogP contribution >= 0.6 is 50.3 Å². The third-order valence-electron chi connectivity index (χ3n) is 2.83. The van der Waals surface area contributed by atoms with Crippen LogP contribution in [0.3, 0.4) is 0 Å². The number of hydrogen-bond donors (Lipinski definition) is 7. The van der Waals surface area contributed by atoms with Crippen molar-refractivity contribution in [2.24, 2.45) is 0 Å². The van der Waals surface area contributed by atoms with E-state index in [1.54, 1.807) is 0 Å². The first-order chi connectivity index (χ1) is 8.71. The van der Waals surface area contributed by atoms with Gasteiger partial charge in [-0.2, -0.15) is 37.9 Å². The molecule has 8 heteroatoms. The normalized spacial score (nSPS) is 15.6. The van der Waals surface area contributed by atoms with E-state index in [9.17, 15) is 0 Å². The van der Waals surface area contributed by atoms with Gasteiger partial charge < -0.3 is 21.3 Å². The maximum absolute atomic E-state index is 4.38. The third-order valence-corrected chi connectivity index (χ3v) is 4.15. The molecule has 0 aromatic carbocycles. The number of thiol groups is 3. The van der Waals surface area contributed by atoms with Crippen molar-refractivity contribution in [2.45, 2.75) is 18.1 Å². The molecule has 0 saturated heterocycles. The van der Waals surface area contributed by atoms with Crippen LogP contribution in [0.5, 0.6) is 0 Å². The number of rotatable bonds is 12. The van der Waals surface area contributed by atoms with E-state index in [4.69, 9.17) is 0 Å². The topological polar surface area (TPSA) is 48.1 Å². The average Bonchev–Trinajstić information content (AvgIpc) is 2.41. The lowest BCUT2D eigenvalue weighted by Gasteiger charge is -2.24. The molecule has 19 heavy (non-hydrogen) atoms. The molecule has 4 N–H and O–H groups in total. The lowest BCUT2D eigenvalue weighted by atomic mass is 10.2. The summed E-state index contributed by atoms with van der Waals surface area (Å²) in [7, 11) is 3.91. The van der Waals surface area contributed by atoms with Crippen molar-refractivity contribution in [2.75, 3.05) is 51.0 Å². The Morgan fingerprint density at radius 2 is 1.16 bits per heavy atom. The first kappa shape index (κ1) is 22.5. The van der Waals surface area contributed by atoms with Gasteiger partial charge in [0.25, 0.3) is 0 Å². The predicted octanol–water partition coefficient (Wildman–Crippen LogP) is -0.0786. The Kier molecular flexibility index (Phi) is 18.4. The molecule has 0 heterocycles. The Bertz CT molecular complexity index is 187. The van der Waals surface area contributed by atoms with Crippen LogP contribution in [-0.4, -0.2) is 69.1 Å². The monoisotopic (exact) mass is 348 g/mol. The lowest BCUT2D eigenvalue weighted by Crippen LogP contribution is -2.50. The van der Waals surface area contributed by atoms with E-state index >= 15 is 0 Å². The molecular weight excluding hydrogens is 320 g/mol. The van der Waals surface area contributed by atoms with E-state index in [1.807, 2.05) is 14.1 Å². The zero-order valence-corrected chi connectivity index (χ0v) is 15.2. The van der Waals surface area contributed by atoms with Crippen LogP contribution in [0.4, 0.5) is 0 Å². The van der Waals surface area contributed by atoms with E-state index in [0.717, 1.165) is 36.9 Å². The second-order valence-electron chi connectivity index (χ2n) is 4.30. The van der Waals surface area contributed by atoms with Gasteiger partial charge in [-0.25, -0.2) is 0 Å². The summed E-state index contributed by atoms with van der Waals surface area (Å²) in [5.41, 5.74) is 0. The predicted molar refractivity (Wildman–Crippen MR) is 99.2 cm³/mol. The van der Waals surface area contributed by atoms with Crippen molar-refractivity contribution >= 4 is 50.3 Å². The van der Waals surface area contributed by atoms with E-state index in [1.165, 1.54) is 0 Å². The van der Waals surface area contributed by atoms with Crippen molar-refractivity contribution in [3.05, 3.63) is 0 Å². The molecule has 0 radical (unpaired) electrons. The van der Waals surface area contributed by atoms with Crippen LogP contribution in [0.15, 0.2) is 0 Å². The molecule has 0 aromatic rings. The van der Waals surface area contributed by atoms with Gasteiger partial charge in [0.05, 0.1) is 0 Å². The van der Waals surface area contributed by atoms with E-state index in [-0.39, 0.29) is 12.4 Å². The molecule has 4 nitrogen and oxygen atoms in total. The summed E-state index contributed by atoms with van der Waals surface area (Å²) in [6.07, 6.45) is 0. The standard InChI is InChI=1S/C11H28N4S3.ClH/c1-12-3-10(7-17)15-5-11(8-18)14-4-9(6-16)13-2;/h9-18H,3-8H2,1-2H3;1H/t9-,10-,11-;/m1./s1. The van der Waals surface area contributed by atoms with Gasteiger partial charge in [-0.05, 0) is 14.1 Å². The average molecular weight is 349 g/mol. The number of hydrogen-bond acceptors (Lipinski definition) is 7. The van der Waals surface area contributed by atoms with Crippen molar-refractivity contribution < 1.29 is 0 Å². The van der Waals surface area contributed by atoms with Crippen LogP contribution in [0.2, 0.25) is 0 Å². The molecule has 0 bridgehead atoms. The van der Waals surface area contributed by atoms with Gasteiger partial charge in [-0.1, -0.05) is 0 Å². The van der Waals surface area contributed by atoms with Gasteiger partial charge in [0, 0.05) is 55.0 Å². The molecule has 0 rings (SSSR count). The van der Waals surface area contributed by atoms with Crippen molar-refractivity contribution in [1.82, 2.24) is 21.3 Å². The summed E-state index contributed by atoms with van der Waals surface area (Å²) < 4.78 is 0. The Morgan fingerprint density at radius 3 is 1.53 bits per heavy atom. The first-order valence-electron chi connectivity index (χ1n) is 6.32. The number of nitrogens with one attached hydrogen (secondary N) is 4. The molecule has 0 amide bonds. The van der Waals surface area contributed by atoms with Crippen LogP contribution in [-0.2, 0) is 0 Å². The molecule has 118 valence electrons. The van der Waals surface area contributed by atoms with Gasteiger partial charge in [0.1, 0.15) is 0 Å². The molecule has 0 aliphatic heterocycles. The highest BCUT2D eigenvalue weighted by Gasteiger charge is 2.11. The second-order valence-corrected chi connectivity index (χ2v) is 5.40. The molecule has 0 saturated carbocycles. The molecule has 0 fully saturated rings. The minimum Gasteiger partial charge on any atom is -0.318 e. The van der Waals surface area contributed by atoms with Crippen LogP contribution < -0.4 is 21.3 Å². The molecule has 0 aromatic heterocycles. The van der Waals surface area contributed by atoms with Crippen LogP contribution in [0.25, 0.3) is 0 Å².